The van der Waals surface area contributed by atoms with Crippen LogP contribution in [0.25, 0.3) is 0 Å². The normalized spacial score (nSPS) is 11.6. The van der Waals surface area contributed by atoms with Crippen LogP contribution in [0.15, 0.2) is 0 Å². The number of hydrogen-bond acceptors (Lipinski definition) is 9. The molecule has 0 atom stereocenters. The summed E-state index contributed by atoms with van der Waals surface area (Å²) in [4.78, 5) is 11.4. The van der Waals surface area contributed by atoms with Crippen LogP contribution < -0.4 is 5.32 Å². The van der Waals surface area contributed by atoms with Crippen molar-refractivity contribution in [3.63, 3.8) is 0 Å². The van der Waals surface area contributed by atoms with Gasteiger partial charge in [-0.25, -0.2) is 4.79 Å². The Morgan fingerprint density at radius 1 is 0.655 bits per heavy atom. The summed E-state index contributed by atoms with van der Waals surface area (Å²) in [5, 5.41) is 11.1. The van der Waals surface area contributed by atoms with E-state index >= 15 is 0 Å². The molecule has 0 fully saturated rings. The molecule has 0 saturated carbocycles. The van der Waals surface area contributed by atoms with Crippen molar-refractivity contribution in [2.75, 3.05) is 92.4 Å². The Labute approximate surface area is 174 Å². The van der Waals surface area contributed by atoms with Gasteiger partial charge in [0.25, 0.3) is 0 Å². The fraction of sp³-hybridized carbons (Fsp3) is 0.947. The van der Waals surface area contributed by atoms with E-state index in [0.717, 1.165) is 0 Å². The molecule has 0 radical (unpaired) electrons. The van der Waals surface area contributed by atoms with Crippen LogP contribution in [0.1, 0.15) is 20.8 Å². The molecule has 0 unspecified atom stereocenters. The standard InChI is InChI=1S/C19H39NO9/c1-19(2,3)29-18(22)20-4-6-23-8-10-25-12-14-27-16-17-28-15-13-26-11-9-24-7-5-21/h21H,4-17H2,1-3H3,(H,20,22). The number of rotatable bonds is 20. The molecule has 0 aliphatic rings. The zero-order chi connectivity index (χ0) is 21.6. The lowest BCUT2D eigenvalue weighted by Crippen LogP contribution is -2.34. The van der Waals surface area contributed by atoms with Crippen molar-refractivity contribution in [2.24, 2.45) is 0 Å². The van der Waals surface area contributed by atoms with Crippen molar-refractivity contribution in [3.05, 3.63) is 0 Å². The minimum absolute atomic E-state index is 0.0248. The Hall–Kier alpha value is -1.01. The summed E-state index contributed by atoms with van der Waals surface area (Å²) in [5.74, 6) is 0. The number of carbonyl (C=O) groups is 1. The molecule has 0 bridgehead atoms. The number of ether oxygens (including phenoxy) is 7. The number of nitrogens with one attached hydrogen (secondary N) is 1. The molecule has 10 heteroatoms. The summed E-state index contributed by atoms with van der Waals surface area (Å²) >= 11 is 0. The Bertz CT molecular complexity index is 364. The first kappa shape index (κ1) is 28.0. The molecule has 2 N–H and O–H groups in total. The lowest BCUT2D eigenvalue weighted by atomic mass is 10.2. The van der Waals surface area contributed by atoms with Crippen LogP contribution in [-0.2, 0) is 33.2 Å². The van der Waals surface area contributed by atoms with Gasteiger partial charge in [-0.2, -0.15) is 0 Å². The van der Waals surface area contributed by atoms with Crippen LogP contribution in [-0.4, -0.2) is 109 Å². The van der Waals surface area contributed by atoms with Crippen LogP contribution in [0.4, 0.5) is 4.79 Å². The summed E-state index contributed by atoms with van der Waals surface area (Å²) in [6.45, 7) is 11.4. The fourth-order valence-electron chi connectivity index (χ4n) is 1.81. The zero-order valence-corrected chi connectivity index (χ0v) is 18.1. The summed E-state index contributed by atoms with van der Waals surface area (Å²) in [5.41, 5.74) is -0.502. The lowest BCUT2D eigenvalue weighted by Gasteiger charge is -2.19. The van der Waals surface area contributed by atoms with E-state index in [1.807, 2.05) is 20.8 Å². The molecule has 0 aromatic rings. The van der Waals surface area contributed by atoms with Gasteiger partial charge in [0.05, 0.1) is 85.9 Å². The van der Waals surface area contributed by atoms with Gasteiger partial charge >= 0.3 is 6.09 Å². The first-order valence-electron chi connectivity index (χ1n) is 10.00. The minimum atomic E-state index is -0.502. The molecular weight excluding hydrogens is 386 g/mol. The molecule has 0 heterocycles. The maximum Gasteiger partial charge on any atom is 0.407 e. The highest BCUT2D eigenvalue weighted by Gasteiger charge is 2.15. The van der Waals surface area contributed by atoms with Crippen molar-refractivity contribution < 1.29 is 43.1 Å². The predicted octanol–water partition coefficient (Wildman–Crippen LogP) is 0.603. The van der Waals surface area contributed by atoms with Crippen LogP contribution in [0.5, 0.6) is 0 Å². The van der Waals surface area contributed by atoms with Crippen LogP contribution in [0.2, 0.25) is 0 Å². The van der Waals surface area contributed by atoms with Gasteiger partial charge in [0, 0.05) is 6.54 Å². The maximum atomic E-state index is 11.4. The molecular formula is C19H39NO9. The summed E-state index contributed by atoms with van der Waals surface area (Å²) in [6.07, 6.45) is -0.449. The Balaban J connectivity index is 3.11. The summed E-state index contributed by atoms with van der Waals surface area (Å²) < 4.78 is 36.9. The van der Waals surface area contributed by atoms with Gasteiger partial charge in [-0.3, -0.25) is 0 Å². The number of carbonyl (C=O) groups excluding carboxylic acids is 1. The van der Waals surface area contributed by atoms with Gasteiger partial charge in [0.15, 0.2) is 0 Å². The second-order valence-electron chi connectivity index (χ2n) is 6.83. The zero-order valence-electron chi connectivity index (χ0n) is 18.1. The van der Waals surface area contributed by atoms with E-state index in [4.69, 9.17) is 38.3 Å². The van der Waals surface area contributed by atoms with Crippen molar-refractivity contribution >= 4 is 6.09 Å². The summed E-state index contributed by atoms with van der Waals surface area (Å²) in [6, 6.07) is 0. The average Bonchev–Trinajstić information content (AvgIpc) is 2.65. The molecule has 0 saturated heterocycles. The molecule has 1 amide bonds. The Kier molecular flexibility index (Phi) is 19.6. The summed E-state index contributed by atoms with van der Waals surface area (Å²) in [7, 11) is 0. The molecule has 0 aliphatic heterocycles. The fourth-order valence-corrected chi connectivity index (χ4v) is 1.81. The van der Waals surface area contributed by atoms with Crippen LogP contribution in [0, 0.1) is 0 Å². The average molecular weight is 426 g/mol. The maximum absolute atomic E-state index is 11.4. The van der Waals surface area contributed by atoms with Crippen molar-refractivity contribution in [1.29, 1.82) is 0 Å². The first-order valence-corrected chi connectivity index (χ1v) is 10.00. The molecule has 0 spiro atoms. The van der Waals surface area contributed by atoms with Gasteiger partial charge in [0.1, 0.15) is 5.60 Å². The number of aliphatic hydroxyl groups is 1. The smallest absolute Gasteiger partial charge is 0.407 e. The lowest BCUT2D eigenvalue weighted by molar-refractivity contribution is -0.0181. The number of hydrogen-bond donors (Lipinski definition) is 2. The van der Waals surface area contributed by atoms with Crippen LogP contribution >= 0.6 is 0 Å². The number of aliphatic hydroxyl groups excluding tert-OH is 1. The number of amides is 1. The van der Waals surface area contributed by atoms with E-state index in [-0.39, 0.29) is 6.61 Å². The Morgan fingerprint density at radius 2 is 1.00 bits per heavy atom. The second-order valence-corrected chi connectivity index (χ2v) is 6.83. The van der Waals surface area contributed by atoms with E-state index in [9.17, 15) is 4.79 Å². The quantitative estimate of drug-likeness (QED) is 0.271. The van der Waals surface area contributed by atoms with E-state index in [1.165, 1.54) is 0 Å². The van der Waals surface area contributed by atoms with Gasteiger partial charge in [-0.1, -0.05) is 0 Å². The van der Waals surface area contributed by atoms with Gasteiger partial charge in [-0.05, 0) is 20.8 Å². The van der Waals surface area contributed by atoms with Gasteiger partial charge in [0.2, 0.25) is 0 Å². The number of alkyl carbamates (subject to hydrolysis) is 1. The topological polar surface area (TPSA) is 114 Å². The third kappa shape index (κ3) is 25.0. The Morgan fingerprint density at radius 3 is 1.34 bits per heavy atom. The monoisotopic (exact) mass is 425 g/mol. The molecule has 10 nitrogen and oxygen atoms in total. The largest absolute Gasteiger partial charge is 0.444 e. The second kappa shape index (κ2) is 20.3. The molecule has 0 aromatic heterocycles. The van der Waals surface area contributed by atoms with Crippen molar-refractivity contribution in [1.82, 2.24) is 5.32 Å². The van der Waals surface area contributed by atoms with Crippen molar-refractivity contribution in [2.45, 2.75) is 26.4 Å². The van der Waals surface area contributed by atoms with Crippen molar-refractivity contribution in [3.8, 4) is 0 Å². The molecule has 29 heavy (non-hydrogen) atoms. The van der Waals surface area contributed by atoms with E-state index in [1.54, 1.807) is 0 Å². The molecule has 174 valence electrons. The van der Waals surface area contributed by atoms with Gasteiger partial charge < -0.3 is 43.6 Å². The third-order valence-corrected chi connectivity index (χ3v) is 3.01. The third-order valence-electron chi connectivity index (χ3n) is 3.01. The van der Waals surface area contributed by atoms with E-state index in [0.29, 0.717) is 85.8 Å². The van der Waals surface area contributed by atoms with Crippen LogP contribution in [0.3, 0.4) is 0 Å². The van der Waals surface area contributed by atoms with Gasteiger partial charge in [-0.15, -0.1) is 0 Å². The highest BCUT2D eigenvalue weighted by Crippen LogP contribution is 2.05. The van der Waals surface area contributed by atoms with E-state index in [2.05, 4.69) is 5.32 Å². The molecule has 0 aliphatic carbocycles. The predicted molar refractivity (Wildman–Crippen MR) is 106 cm³/mol. The highest BCUT2D eigenvalue weighted by atomic mass is 16.6. The minimum Gasteiger partial charge on any atom is -0.444 e. The SMILES string of the molecule is CC(C)(C)OC(=O)NCCOCCOCCOCCOCCOCCOCCO. The first-order chi connectivity index (χ1) is 14.0. The molecule has 0 rings (SSSR count). The van der Waals surface area contributed by atoms with E-state index < -0.39 is 11.7 Å². The highest BCUT2D eigenvalue weighted by molar-refractivity contribution is 5.67. The molecule has 0 aromatic carbocycles.